The first kappa shape index (κ1) is 17.6. The number of piperazine rings is 1. The van der Waals surface area contributed by atoms with E-state index in [1.54, 1.807) is 0 Å². The summed E-state index contributed by atoms with van der Waals surface area (Å²) < 4.78 is 0. The largest absolute Gasteiger partial charge is 0.369 e. The molecule has 0 saturated carbocycles. The summed E-state index contributed by atoms with van der Waals surface area (Å²) in [6.07, 6.45) is 0. The highest BCUT2D eigenvalue weighted by Crippen LogP contribution is 2.19. The van der Waals surface area contributed by atoms with Crippen molar-refractivity contribution in [2.75, 3.05) is 38.1 Å². The molecule has 0 spiro atoms. The van der Waals surface area contributed by atoms with Crippen LogP contribution >= 0.6 is 0 Å². The van der Waals surface area contributed by atoms with Gasteiger partial charge in [-0.15, -0.1) is 0 Å². The molecule has 0 bridgehead atoms. The fourth-order valence-corrected chi connectivity index (χ4v) is 3.22. The number of likely N-dealkylation sites (N-methyl/N-ethyl adjacent to an activating group) is 1. The van der Waals surface area contributed by atoms with Crippen molar-refractivity contribution in [3.8, 4) is 0 Å². The number of carbonyl (C=O) groups excluding carboxylic acids is 1. The van der Waals surface area contributed by atoms with Gasteiger partial charge in [-0.3, -0.25) is 9.69 Å². The summed E-state index contributed by atoms with van der Waals surface area (Å²) in [6.45, 7) is 7.07. The van der Waals surface area contributed by atoms with E-state index >= 15 is 0 Å². The summed E-state index contributed by atoms with van der Waals surface area (Å²) in [5, 5.41) is 3.00. The molecule has 2 aromatic carbocycles. The molecule has 1 unspecified atom stereocenters. The quantitative estimate of drug-likeness (QED) is 0.822. The smallest absolute Gasteiger partial charge is 0.179 e. The zero-order valence-electron chi connectivity index (χ0n) is 15.1. The van der Waals surface area contributed by atoms with Crippen LogP contribution in [0, 0.1) is 0 Å². The monoisotopic (exact) mass is 337 g/mol. The van der Waals surface area contributed by atoms with Gasteiger partial charge in [0, 0.05) is 44.0 Å². The maximum absolute atomic E-state index is 12.2. The van der Waals surface area contributed by atoms with Crippen LogP contribution in [0.4, 0.5) is 5.69 Å². The molecule has 25 heavy (non-hydrogen) atoms. The first-order valence-corrected chi connectivity index (χ1v) is 9.00. The number of rotatable bonds is 6. The molecule has 1 fully saturated rings. The van der Waals surface area contributed by atoms with E-state index in [-0.39, 0.29) is 11.8 Å². The highest BCUT2D eigenvalue weighted by Gasteiger charge is 2.18. The highest BCUT2D eigenvalue weighted by atomic mass is 16.1. The molecule has 4 heteroatoms. The predicted octanol–water partition coefficient (Wildman–Crippen LogP) is 2.80. The van der Waals surface area contributed by atoms with Gasteiger partial charge in [-0.1, -0.05) is 30.3 Å². The lowest BCUT2D eigenvalue weighted by molar-refractivity contribution is 0.0955. The summed E-state index contributed by atoms with van der Waals surface area (Å²) in [5.41, 5.74) is 3.35. The minimum Gasteiger partial charge on any atom is -0.369 e. The Morgan fingerprint density at radius 1 is 1.00 bits per heavy atom. The van der Waals surface area contributed by atoms with Gasteiger partial charge in [0.25, 0.3) is 0 Å². The van der Waals surface area contributed by atoms with Crippen molar-refractivity contribution in [2.45, 2.75) is 19.5 Å². The van der Waals surface area contributed by atoms with E-state index < -0.39 is 0 Å². The number of hydrogen-bond donors (Lipinski definition) is 1. The summed E-state index contributed by atoms with van der Waals surface area (Å²) in [4.78, 5) is 17.1. The molecule has 0 aromatic heterocycles. The molecule has 132 valence electrons. The SMILES string of the molecule is CNC(C)C(=O)c1ccc(N2CCN(Cc3ccccc3)CC2)cc1. The standard InChI is InChI=1S/C21H27N3O/c1-17(22-2)21(25)19-8-10-20(11-9-19)24-14-12-23(13-15-24)16-18-6-4-3-5-7-18/h3-11,17,22H,12-16H2,1-2H3. The van der Waals surface area contributed by atoms with E-state index in [4.69, 9.17) is 0 Å². The van der Waals surface area contributed by atoms with Crippen molar-refractivity contribution in [1.82, 2.24) is 10.2 Å². The van der Waals surface area contributed by atoms with E-state index in [0.29, 0.717) is 0 Å². The average molecular weight is 337 g/mol. The highest BCUT2D eigenvalue weighted by molar-refractivity contribution is 6.00. The number of benzene rings is 2. The first-order chi connectivity index (χ1) is 12.2. The number of nitrogens with zero attached hydrogens (tertiary/aromatic N) is 2. The van der Waals surface area contributed by atoms with Crippen LogP contribution in [0.2, 0.25) is 0 Å². The van der Waals surface area contributed by atoms with Gasteiger partial charge in [0.05, 0.1) is 6.04 Å². The van der Waals surface area contributed by atoms with E-state index in [2.05, 4.69) is 57.6 Å². The topological polar surface area (TPSA) is 35.6 Å². The number of carbonyl (C=O) groups is 1. The molecular weight excluding hydrogens is 310 g/mol. The van der Waals surface area contributed by atoms with E-state index in [1.807, 2.05) is 26.1 Å². The number of hydrogen-bond acceptors (Lipinski definition) is 4. The molecule has 1 N–H and O–H groups in total. The number of nitrogens with one attached hydrogen (secondary N) is 1. The van der Waals surface area contributed by atoms with Crippen molar-refractivity contribution in [1.29, 1.82) is 0 Å². The fourth-order valence-electron chi connectivity index (χ4n) is 3.22. The lowest BCUT2D eigenvalue weighted by Crippen LogP contribution is -2.45. The Balaban J connectivity index is 1.55. The second kappa shape index (κ2) is 8.28. The van der Waals surface area contributed by atoms with Crippen molar-refractivity contribution in [3.63, 3.8) is 0 Å². The Labute approximate surface area is 150 Å². The molecule has 1 atom stereocenters. The zero-order valence-corrected chi connectivity index (χ0v) is 15.1. The van der Waals surface area contributed by atoms with Gasteiger partial charge in [-0.05, 0) is 43.8 Å². The predicted molar refractivity (Wildman–Crippen MR) is 103 cm³/mol. The van der Waals surface area contributed by atoms with Gasteiger partial charge < -0.3 is 10.2 Å². The summed E-state index contributed by atoms with van der Waals surface area (Å²) in [5.74, 6) is 0.140. The Hall–Kier alpha value is -2.17. The maximum Gasteiger partial charge on any atom is 0.179 e. The van der Waals surface area contributed by atoms with E-state index in [0.717, 1.165) is 38.3 Å². The third kappa shape index (κ3) is 4.47. The minimum atomic E-state index is -0.146. The molecular formula is C21H27N3O. The van der Waals surface area contributed by atoms with Gasteiger partial charge in [0.2, 0.25) is 0 Å². The summed E-state index contributed by atoms with van der Waals surface area (Å²) in [6, 6.07) is 18.5. The lowest BCUT2D eigenvalue weighted by atomic mass is 10.0. The third-order valence-corrected chi connectivity index (χ3v) is 4.96. The summed E-state index contributed by atoms with van der Waals surface area (Å²) >= 11 is 0. The zero-order chi connectivity index (χ0) is 17.6. The molecule has 0 aliphatic carbocycles. The van der Waals surface area contributed by atoms with E-state index in [9.17, 15) is 4.79 Å². The van der Waals surface area contributed by atoms with Crippen LogP contribution in [-0.2, 0) is 6.54 Å². The van der Waals surface area contributed by atoms with Crippen LogP contribution < -0.4 is 10.2 Å². The van der Waals surface area contributed by atoms with Crippen molar-refractivity contribution >= 4 is 11.5 Å². The normalized spacial score (nSPS) is 16.6. The summed E-state index contributed by atoms with van der Waals surface area (Å²) in [7, 11) is 1.81. The molecule has 1 aliphatic heterocycles. The Morgan fingerprint density at radius 2 is 1.64 bits per heavy atom. The van der Waals surface area contributed by atoms with Crippen LogP contribution in [0.1, 0.15) is 22.8 Å². The van der Waals surface area contributed by atoms with E-state index in [1.165, 1.54) is 11.3 Å². The third-order valence-electron chi connectivity index (χ3n) is 4.96. The van der Waals surface area contributed by atoms with Crippen LogP contribution in [0.3, 0.4) is 0 Å². The molecule has 3 rings (SSSR count). The number of ketones is 1. The molecule has 0 radical (unpaired) electrons. The second-order valence-electron chi connectivity index (χ2n) is 6.67. The van der Waals surface area contributed by atoms with Gasteiger partial charge >= 0.3 is 0 Å². The Kier molecular flexibility index (Phi) is 5.84. The number of Topliss-reactive ketones (excluding diaryl/α,β-unsaturated/α-hetero) is 1. The first-order valence-electron chi connectivity index (χ1n) is 9.00. The Bertz CT molecular complexity index is 676. The van der Waals surface area contributed by atoms with Crippen LogP contribution in [0.15, 0.2) is 54.6 Å². The molecule has 1 saturated heterocycles. The molecule has 2 aromatic rings. The molecule has 4 nitrogen and oxygen atoms in total. The van der Waals surface area contributed by atoms with Crippen molar-refractivity contribution < 1.29 is 4.79 Å². The minimum absolute atomic E-state index is 0.140. The van der Waals surface area contributed by atoms with Gasteiger partial charge in [-0.25, -0.2) is 0 Å². The number of anilines is 1. The van der Waals surface area contributed by atoms with Crippen molar-refractivity contribution in [2.24, 2.45) is 0 Å². The average Bonchev–Trinajstić information content (AvgIpc) is 2.68. The lowest BCUT2D eigenvalue weighted by Gasteiger charge is -2.36. The van der Waals surface area contributed by atoms with Crippen molar-refractivity contribution in [3.05, 3.63) is 65.7 Å². The molecule has 0 amide bonds. The van der Waals surface area contributed by atoms with Gasteiger partial charge in [0.15, 0.2) is 5.78 Å². The molecule has 1 heterocycles. The van der Waals surface area contributed by atoms with Crippen LogP contribution in [-0.4, -0.2) is 50.0 Å². The Morgan fingerprint density at radius 3 is 2.24 bits per heavy atom. The van der Waals surface area contributed by atoms with Gasteiger partial charge in [0.1, 0.15) is 0 Å². The van der Waals surface area contributed by atoms with Crippen LogP contribution in [0.25, 0.3) is 0 Å². The molecule has 1 aliphatic rings. The fraction of sp³-hybridized carbons (Fsp3) is 0.381. The van der Waals surface area contributed by atoms with Gasteiger partial charge in [-0.2, -0.15) is 0 Å². The second-order valence-corrected chi connectivity index (χ2v) is 6.67. The van der Waals surface area contributed by atoms with Crippen LogP contribution in [0.5, 0.6) is 0 Å². The maximum atomic E-state index is 12.2.